The van der Waals surface area contributed by atoms with E-state index in [2.05, 4.69) is 5.32 Å². The van der Waals surface area contributed by atoms with Crippen molar-refractivity contribution in [3.8, 4) is 0 Å². The minimum absolute atomic E-state index is 0. The molecule has 22 heavy (non-hydrogen) atoms. The van der Waals surface area contributed by atoms with Gasteiger partial charge >= 0.3 is 0 Å². The molecule has 0 radical (unpaired) electrons. The zero-order valence-corrected chi connectivity index (χ0v) is 14.5. The summed E-state index contributed by atoms with van der Waals surface area (Å²) in [7, 11) is -3.50. The second kappa shape index (κ2) is 6.72. The summed E-state index contributed by atoms with van der Waals surface area (Å²) in [5.74, 6) is 0. The number of hydrogen-bond donors (Lipinski definition) is 1. The lowest BCUT2D eigenvalue weighted by molar-refractivity contribution is 0.310. The van der Waals surface area contributed by atoms with Crippen LogP contribution in [-0.2, 0) is 10.0 Å². The molecule has 1 atom stereocenters. The average molecular weight is 361 g/mol. The van der Waals surface area contributed by atoms with Crippen LogP contribution < -0.4 is 5.32 Å². The molecule has 0 spiro atoms. The Morgan fingerprint density at radius 1 is 1.18 bits per heavy atom. The topological polar surface area (TPSA) is 49.4 Å². The third-order valence-electron chi connectivity index (χ3n) is 3.78. The summed E-state index contributed by atoms with van der Waals surface area (Å²) in [6.45, 7) is 3.64. The smallest absolute Gasteiger partial charge is 0.243 e. The van der Waals surface area contributed by atoms with Gasteiger partial charge in [0.2, 0.25) is 10.0 Å². The van der Waals surface area contributed by atoms with Crippen molar-refractivity contribution in [2.75, 3.05) is 19.6 Å². The first kappa shape index (κ1) is 17.5. The molecule has 4 nitrogen and oxygen atoms in total. The maximum absolute atomic E-state index is 12.9. The maximum Gasteiger partial charge on any atom is 0.243 e. The fourth-order valence-corrected chi connectivity index (χ4v) is 4.67. The number of piperazine rings is 1. The molecule has 1 fully saturated rings. The normalized spacial score (nSPS) is 19.8. The molecule has 0 aromatic heterocycles. The Morgan fingerprint density at radius 3 is 2.55 bits per heavy atom. The lowest BCUT2D eigenvalue weighted by Crippen LogP contribution is -2.51. The third-order valence-corrected chi connectivity index (χ3v) is 6.03. The Hall–Kier alpha value is -0.850. The molecule has 0 saturated carbocycles. The molecule has 1 unspecified atom stereocenters. The first-order valence-corrected chi connectivity index (χ1v) is 8.73. The van der Waals surface area contributed by atoms with Crippen molar-refractivity contribution in [2.24, 2.45) is 0 Å². The number of hydrogen-bond acceptors (Lipinski definition) is 3. The van der Waals surface area contributed by atoms with Gasteiger partial charge in [0.25, 0.3) is 0 Å². The molecular formula is C15H18Cl2N2O2S. The van der Waals surface area contributed by atoms with Crippen LogP contribution in [0.4, 0.5) is 0 Å². The monoisotopic (exact) mass is 360 g/mol. The Balaban J connectivity index is 0.00000176. The summed E-state index contributed by atoms with van der Waals surface area (Å²) in [5.41, 5.74) is 0. The summed E-state index contributed by atoms with van der Waals surface area (Å²) in [4.78, 5) is 0.330. The quantitative estimate of drug-likeness (QED) is 0.895. The van der Waals surface area contributed by atoms with Gasteiger partial charge in [-0.25, -0.2) is 8.42 Å². The molecule has 0 amide bonds. The van der Waals surface area contributed by atoms with Gasteiger partial charge in [-0.3, -0.25) is 0 Å². The number of nitrogens with zero attached hydrogens (tertiary/aromatic N) is 1. The highest BCUT2D eigenvalue weighted by Crippen LogP contribution is 2.31. The van der Waals surface area contributed by atoms with Gasteiger partial charge in [0.05, 0.1) is 4.90 Å². The first-order valence-electron chi connectivity index (χ1n) is 6.91. The predicted octanol–water partition coefficient (Wildman–Crippen LogP) is 2.90. The van der Waals surface area contributed by atoms with Crippen molar-refractivity contribution in [2.45, 2.75) is 17.9 Å². The number of fused-ring (bicyclic) bond motifs is 1. The standard InChI is InChI=1S/C15H17ClN2O2S.ClH/c1-11-10-18(9-8-17-11)21(19,20)15-7-6-14(16)12-4-2-3-5-13(12)15;/h2-7,11,17H,8-10H2,1H3;1H. The third kappa shape index (κ3) is 3.09. The largest absolute Gasteiger partial charge is 0.312 e. The fraction of sp³-hybridized carbons (Fsp3) is 0.333. The number of halogens is 2. The highest BCUT2D eigenvalue weighted by molar-refractivity contribution is 7.89. The van der Waals surface area contributed by atoms with E-state index in [9.17, 15) is 8.42 Å². The molecule has 7 heteroatoms. The maximum atomic E-state index is 12.9. The summed E-state index contributed by atoms with van der Waals surface area (Å²) in [5, 5.41) is 5.27. The molecule has 1 N–H and O–H groups in total. The summed E-state index contributed by atoms with van der Waals surface area (Å²) in [6, 6.07) is 10.8. The minimum atomic E-state index is -3.50. The summed E-state index contributed by atoms with van der Waals surface area (Å²) >= 11 is 6.17. The van der Waals surface area contributed by atoms with Crippen molar-refractivity contribution in [1.82, 2.24) is 9.62 Å². The molecule has 0 bridgehead atoms. The van der Waals surface area contributed by atoms with Crippen LogP contribution in [0.5, 0.6) is 0 Å². The lowest BCUT2D eigenvalue weighted by atomic mass is 10.1. The van der Waals surface area contributed by atoms with E-state index in [1.54, 1.807) is 22.5 Å². The van der Waals surface area contributed by atoms with Crippen molar-refractivity contribution in [3.05, 3.63) is 41.4 Å². The second-order valence-electron chi connectivity index (χ2n) is 5.31. The number of rotatable bonds is 2. The molecule has 1 aliphatic rings. The Bertz CT molecular complexity index is 780. The van der Waals surface area contributed by atoms with Gasteiger partial charge in [0.1, 0.15) is 0 Å². The van der Waals surface area contributed by atoms with E-state index in [4.69, 9.17) is 11.6 Å². The van der Waals surface area contributed by atoms with E-state index in [0.717, 1.165) is 5.39 Å². The van der Waals surface area contributed by atoms with Crippen LogP contribution >= 0.6 is 24.0 Å². The van der Waals surface area contributed by atoms with Gasteiger partial charge in [-0.2, -0.15) is 4.31 Å². The fourth-order valence-electron chi connectivity index (χ4n) is 2.71. The molecule has 2 aromatic rings. The van der Waals surface area contributed by atoms with Crippen LogP contribution in [-0.4, -0.2) is 38.4 Å². The Morgan fingerprint density at radius 2 is 1.86 bits per heavy atom. The van der Waals surface area contributed by atoms with Gasteiger partial charge in [-0.05, 0) is 19.1 Å². The lowest BCUT2D eigenvalue weighted by Gasteiger charge is -2.31. The van der Waals surface area contributed by atoms with Crippen molar-refractivity contribution in [3.63, 3.8) is 0 Å². The zero-order chi connectivity index (χ0) is 15.0. The van der Waals surface area contributed by atoms with Gasteiger partial charge in [0, 0.05) is 41.5 Å². The highest BCUT2D eigenvalue weighted by Gasteiger charge is 2.29. The van der Waals surface area contributed by atoms with E-state index in [0.29, 0.717) is 34.9 Å². The van der Waals surface area contributed by atoms with E-state index in [1.807, 2.05) is 25.1 Å². The first-order chi connectivity index (χ1) is 10.00. The molecule has 2 aromatic carbocycles. The number of nitrogens with one attached hydrogen (secondary N) is 1. The Labute approximate surface area is 141 Å². The van der Waals surface area contributed by atoms with E-state index in [1.165, 1.54) is 0 Å². The number of benzene rings is 2. The molecule has 1 aliphatic heterocycles. The minimum Gasteiger partial charge on any atom is -0.312 e. The van der Waals surface area contributed by atoms with Crippen LogP contribution in [0, 0.1) is 0 Å². The molecule has 120 valence electrons. The highest BCUT2D eigenvalue weighted by atomic mass is 35.5. The predicted molar refractivity (Wildman–Crippen MR) is 92.4 cm³/mol. The summed E-state index contributed by atoms with van der Waals surface area (Å²) in [6.07, 6.45) is 0. The Kier molecular flexibility index (Phi) is 5.35. The average Bonchev–Trinajstić information content (AvgIpc) is 2.47. The van der Waals surface area contributed by atoms with Gasteiger partial charge < -0.3 is 5.32 Å². The molecular weight excluding hydrogens is 343 g/mol. The van der Waals surface area contributed by atoms with E-state index < -0.39 is 10.0 Å². The van der Waals surface area contributed by atoms with Crippen LogP contribution in [0.2, 0.25) is 5.02 Å². The van der Waals surface area contributed by atoms with Crippen LogP contribution in [0.1, 0.15) is 6.92 Å². The SMILES string of the molecule is CC1CN(S(=O)(=O)c2ccc(Cl)c3ccccc23)CCN1.Cl. The molecule has 1 heterocycles. The van der Waals surface area contributed by atoms with Gasteiger partial charge in [-0.15, -0.1) is 12.4 Å². The van der Waals surface area contributed by atoms with Gasteiger partial charge in [-0.1, -0.05) is 35.9 Å². The molecule has 0 aliphatic carbocycles. The second-order valence-corrected chi connectivity index (χ2v) is 7.62. The van der Waals surface area contributed by atoms with Gasteiger partial charge in [0.15, 0.2) is 0 Å². The van der Waals surface area contributed by atoms with Crippen molar-refractivity contribution >= 4 is 44.8 Å². The van der Waals surface area contributed by atoms with Crippen LogP contribution in [0.15, 0.2) is 41.3 Å². The number of sulfonamides is 1. The van der Waals surface area contributed by atoms with Crippen molar-refractivity contribution < 1.29 is 8.42 Å². The molecule has 3 rings (SSSR count). The van der Waals surface area contributed by atoms with E-state index in [-0.39, 0.29) is 18.4 Å². The van der Waals surface area contributed by atoms with Crippen molar-refractivity contribution in [1.29, 1.82) is 0 Å². The zero-order valence-electron chi connectivity index (χ0n) is 12.1. The van der Waals surface area contributed by atoms with E-state index >= 15 is 0 Å². The van der Waals surface area contributed by atoms with Crippen LogP contribution in [0.25, 0.3) is 10.8 Å². The molecule has 1 saturated heterocycles. The van der Waals surface area contributed by atoms with Crippen LogP contribution in [0.3, 0.4) is 0 Å². The summed E-state index contributed by atoms with van der Waals surface area (Å²) < 4.78 is 27.4.